The van der Waals surface area contributed by atoms with Gasteiger partial charge in [-0.05, 0) is 31.6 Å². The average Bonchev–Trinajstić information content (AvgIpc) is 3.22. The number of rotatable bonds is 20. The van der Waals surface area contributed by atoms with Crippen molar-refractivity contribution in [1.82, 2.24) is 14.9 Å². The maximum Gasteiger partial charge on any atom is 0.243 e. The lowest BCUT2D eigenvalue weighted by atomic mass is 10.0. The maximum atomic E-state index is 11.8. The van der Waals surface area contributed by atoms with E-state index in [1.165, 1.54) is 102 Å². The summed E-state index contributed by atoms with van der Waals surface area (Å²) >= 11 is 0. The monoisotopic (exact) mass is 467 g/mol. The van der Waals surface area contributed by atoms with Crippen molar-refractivity contribution in [2.24, 2.45) is 0 Å². The summed E-state index contributed by atoms with van der Waals surface area (Å²) in [5.41, 5.74) is 2.15. The van der Waals surface area contributed by atoms with E-state index in [4.69, 9.17) is 4.98 Å². The lowest BCUT2D eigenvalue weighted by molar-refractivity contribution is -0.117. The number of unbranched alkanes of at least 4 members (excludes halogenated alkanes) is 15. The minimum atomic E-state index is -0.159. The molecule has 4 heteroatoms. The second-order valence-electron chi connectivity index (χ2n) is 9.85. The van der Waals surface area contributed by atoms with Gasteiger partial charge in [-0.2, -0.15) is 0 Å². The molecule has 1 aromatic heterocycles. The van der Waals surface area contributed by atoms with Crippen LogP contribution in [0.2, 0.25) is 0 Å². The Balaban J connectivity index is 1.58. The molecule has 0 spiro atoms. The topological polar surface area (TPSA) is 46.9 Å². The molecule has 4 nitrogen and oxygen atoms in total. The molecule has 1 N–H and O–H groups in total. The molecule has 34 heavy (non-hydrogen) atoms. The molecule has 1 unspecified atom stereocenters. The predicted octanol–water partition coefficient (Wildman–Crippen LogP) is 8.66. The summed E-state index contributed by atoms with van der Waals surface area (Å²) in [6.45, 7) is 8.78. The Kier molecular flexibility index (Phi) is 14.4. The van der Waals surface area contributed by atoms with Crippen LogP contribution in [0.4, 0.5) is 0 Å². The highest BCUT2D eigenvalue weighted by atomic mass is 16.1. The van der Waals surface area contributed by atoms with Gasteiger partial charge in [-0.25, -0.2) is 4.98 Å². The number of carbonyl (C=O) groups is 1. The lowest BCUT2D eigenvalue weighted by Gasteiger charge is -2.15. The van der Waals surface area contributed by atoms with Crippen LogP contribution in [0.3, 0.4) is 0 Å². The largest absolute Gasteiger partial charge is 0.343 e. The molecule has 0 aliphatic heterocycles. The quantitative estimate of drug-likeness (QED) is 0.156. The predicted molar refractivity (Wildman–Crippen MR) is 146 cm³/mol. The van der Waals surface area contributed by atoms with Crippen LogP contribution in [0.25, 0.3) is 11.0 Å². The van der Waals surface area contributed by atoms with Gasteiger partial charge in [-0.1, -0.05) is 122 Å². The zero-order valence-electron chi connectivity index (χ0n) is 22.0. The Labute approximate surface area is 208 Å². The van der Waals surface area contributed by atoms with Crippen LogP contribution >= 0.6 is 0 Å². The molecule has 0 fully saturated rings. The van der Waals surface area contributed by atoms with Crippen LogP contribution in [0.1, 0.15) is 128 Å². The molecule has 2 aromatic rings. The Morgan fingerprint density at radius 1 is 0.882 bits per heavy atom. The van der Waals surface area contributed by atoms with Crippen LogP contribution in [-0.2, 0) is 11.3 Å². The summed E-state index contributed by atoms with van der Waals surface area (Å²) < 4.78 is 2.28. The van der Waals surface area contributed by atoms with Gasteiger partial charge in [0.2, 0.25) is 5.91 Å². The molecule has 1 atom stereocenters. The fraction of sp³-hybridized carbons (Fsp3) is 0.667. The van der Waals surface area contributed by atoms with Crippen LogP contribution in [0.15, 0.2) is 36.9 Å². The van der Waals surface area contributed by atoms with E-state index >= 15 is 0 Å². The number of hydrogen-bond acceptors (Lipinski definition) is 2. The van der Waals surface area contributed by atoms with Gasteiger partial charge in [0.25, 0.3) is 0 Å². The first-order valence-corrected chi connectivity index (χ1v) is 14.1. The van der Waals surface area contributed by atoms with Crippen molar-refractivity contribution >= 4 is 16.9 Å². The van der Waals surface area contributed by atoms with Crippen LogP contribution in [0.5, 0.6) is 0 Å². The highest BCUT2D eigenvalue weighted by molar-refractivity contribution is 5.87. The van der Waals surface area contributed by atoms with E-state index < -0.39 is 0 Å². The van der Waals surface area contributed by atoms with E-state index in [9.17, 15) is 4.79 Å². The third kappa shape index (κ3) is 10.4. The number of nitrogens with zero attached hydrogens (tertiary/aromatic N) is 2. The molecule has 1 heterocycles. The number of para-hydroxylation sites is 2. The Hall–Kier alpha value is -2.10. The summed E-state index contributed by atoms with van der Waals surface area (Å²) in [7, 11) is 0. The maximum absolute atomic E-state index is 11.8. The SMILES string of the molecule is C=CC(=O)NC(C)c1nc2ccccc2n1CCCCCCCCCCCCCCCCCC. The number of amides is 1. The van der Waals surface area contributed by atoms with Gasteiger partial charge in [0.15, 0.2) is 0 Å². The highest BCUT2D eigenvalue weighted by Crippen LogP contribution is 2.22. The number of hydrogen-bond donors (Lipinski definition) is 1. The van der Waals surface area contributed by atoms with Crippen molar-refractivity contribution in [3.8, 4) is 0 Å². The van der Waals surface area contributed by atoms with Crippen molar-refractivity contribution in [3.05, 3.63) is 42.7 Å². The van der Waals surface area contributed by atoms with Gasteiger partial charge in [0.1, 0.15) is 5.82 Å². The summed E-state index contributed by atoms with van der Waals surface area (Å²) in [5, 5.41) is 2.96. The van der Waals surface area contributed by atoms with E-state index in [0.29, 0.717) is 0 Å². The second kappa shape index (κ2) is 17.4. The zero-order valence-corrected chi connectivity index (χ0v) is 22.0. The number of aromatic nitrogens is 2. The molecule has 0 radical (unpaired) electrons. The summed E-state index contributed by atoms with van der Waals surface area (Å²) in [5.74, 6) is 0.769. The summed E-state index contributed by atoms with van der Waals surface area (Å²) in [6.07, 6.45) is 23.4. The minimum absolute atomic E-state index is 0.140. The number of aryl methyl sites for hydroxylation is 1. The third-order valence-electron chi connectivity index (χ3n) is 6.85. The van der Waals surface area contributed by atoms with Crippen molar-refractivity contribution in [2.45, 2.75) is 129 Å². The Morgan fingerprint density at radius 3 is 1.91 bits per heavy atom. The van der Waals surface area contributed by atoms with Gasteiger partial charge in [0, 0.05) is 6.54 Å². The fourth-order valence-corrected chi connectivity index (χ4v) is 4.81. The molecule has 0 saturated carbocycles. The molecule has 0 bridgehead atoms. The third-order valence-corrected chi connectivity index (χ3v) is 6.85. The molecule has 0 aliphatic rings. The Bertz CT molecular complexity index is 826. The summed E-state index contributed by atoms with van der Waals surface area (Å²) in [4.78, 5) is 16.6. The molecule has 2 rings (SSSR count). The highest BCUT2D eigenvalue weighted by Gasteiger charge is 2.17. The molecule has 0 saturated heterocycles. The van der Waals surface area contributed by atoms with E-state index in [1.54, 1.807) is 0 Å². The van der Waals surface area contributed by atoms with E-state index in [0.717, 1.165) is 29.8 Å². The standard InChI is InChI=1S/C30H49N3O/c1-4-6-7-8-9-10-11-12-13-14-15-16-17-18-19-22-25-33-28-24-21-20-23-27(28)32-30(33)26(3)31-29(34)5-2/h5,20-21,23-24,26H,2,4,6-19,22,25H2,1,3H3,(H,31,34). The van der Waals surface area contributed by atoms with Crippen molar-refractivity contribution in [2.75, 3.05) is 0 Å². The average molecular weight is 468 g/mol. The minimum Gasteiger partial charge on any atom is -0.343 e. The van der Waals surface area contributed by atoms with E-state index in [-0.39, 0.29) is 11.9 Å². The van der Waals surface area contributed by atoms with Crippen molar-refractivity contribution < 1.29 is 4.79 Å². The zero-order chi connectivity index (χ0) is 24.4. The fourth-order valence-electron chi connectivity index (χ4n) is 4.81. The molecule has 1 aromatic carbocycles. The van der Waals surface area contributed by atoms with Crippen LogP contribution in [0, 0.1) is 0 Å². The van der Waals surface area contributed by atoms with Gasteiger partial charge in [0.05, 0.1) is 17.1 Å². The first-order valence-electron chi connectivity index (χ1n) is 14.1. The molecular weight excluding hydrogens is 418 g/mol. The Morgan fingerprint density at radius 2 is 1.38 bits per heavy atom. The van der Waals surface area contributed by atoms with Gasteiger partial charge in [-0.3, -0.25) is 4.79 Å². The van der Waals surface area contributed by atoms with E-state index in [2.05, 4.69) is 35.5 Å². The first-order chi connectivity index (χ1) is 16.7. The summed E-state index contributed by atoms with van der Waals surface area (Å²) in [6, 6.07) is 8.11. The number of carbonyl (C=O) groups excluding carboxylic acids is 1. The number of nitrogens with one attached hydrogen (secondary N) is 1. The van der Waals surface area contributed by atoms with Crippen molar-refractivity contribution in [3.63, 3.8) is 0 Å². The van der Waals surface area contributed by atoms with Crippen LogP contribution < -0.4 is 5.32 Å². The number of imidazole rings is 1. The van der Waals surface area contributed by atoms with Gasteiger partial charge in [-0.15, -0.1) is 0 Å². The molecule has 0 aliphatic carbocycles. The lowest BCUT2D eigenvalue weighted by Crippen LogP contribution is -2.27. The molecular formula is C30H49N3O. The smallest absolute Gasteiger partial charge is 0.243 e. The second-order valence-corrected chi connectivity index (χ2v) is 9.85. The molecule has 190 valence electrons. The van der Waals surface area contributed by atoms with Gasteiger partial charge < -0.3 is 9.88 Å². The van der Waals surface area contributed by atoms with Gasteiger partial charge >= 0.3 is 0 Å². The normalized spacial score (nSPS) is 12.2. The number of benzene rings is 1. The number of fused-ring (bicyclic) bond motifs is 1. The van der Waals surface area contributed by atoms with Crippen LogP contribution in [-0.4, -0.2) is 15.5 Å². The molecule has 1 amide bonds. The first kappa shape index (κ1) is 28.1. The van der Waals surface area contributed by atoms with Crippen molar-refractivity contribution in [1.29, 1.82) is 0 Å². The van der Waals surface area contributed by atoms with E-state index in [1.807, 2.05) is 19.1 Å².